The molecule has 1 amide bonds. The number of nitrogens with two attached hydrogens (primary N) is 1. The SMILES string of the molecule is C=CC=C(OC(C)CC)C(C#N)=CCCC(N)=O. The van der Waals surface area contributed by atoms with E-state index in [2.05, 4.69) is 12.6 Å². The molecule has 0 saturated heterocycles. The van der Waals surface area contributed by atoms with Crippen LogP contribution in [0.2, 0.25) is 0 Å². The quantitative estimate of drug-likeness (QED) is 0.407. The number of hydrogen-bond donors (Lipinski definition) is 1. The van der Waals surface area contributed by atoms with Crippen molar-refractivity contribution in [3.05, 3.63) is 36.1 Å². The van der Waals surface area contributed by atoms with Gasteiger partial charge < -0.3 is 10.5 Å². The van der Waals surface area contributed by atoms with E-state index < -0.39 is 0 Å². The Kier molecular flexibility index (Phi) is 8.04. The lowest BCUT2D eigenvalue weighted by Crippen LogP contribution is -2.10. The van der Waals surface area contributed by atoms with E-state index >= 15 is 0 Å². The maximum absolute atomic E-state index is 10.6. The molecule has 2 N–H and O–H groups in total. The van der Waals surface area contributed by atoms with Gasteiger partial charge in [-0.3, -0.25) is 4.79 Å². The standard InChI is InChI=1S/C14H20N2O2/c1-4-7-13(18-11(3)5-2)12(10-15)8-6-9-14(16)17/h4,7-8,11H,1,5-6,9H2,2-3H3,(H2,16,17). The van der Waals surface area contributed by atoms with Gasteiger partial charge in [-0.05, 0) is 25.8 Å². The van der Waals surface area contributed by atoms with Crippen LogP contribution >= 0.6 is 0 Å². The van der Waals surface area contributed by atoms with Gasteiger partial charge in [-0.15, -0.1) is 0 Å². The number of primary amides is 1. The summed E-state index contributed by atoms with van der Waals surface area (Å²) in [6.07, 6.45) is 6.37. The maximum Gasteiger partial charge on any atom is 0.217 e. The number of carbonyl (C=O) groups is 1. The van der Waals surface area contributed by atoms with Gasteiger partial charge in [-0.1, -0.05) is 25.7 Å². The summed E-state index contributed by atoms with van der Waals surface area (Å²) in [6, 6.07) is 2.06. The second-order valence-corrected chi connectivity index (χ2v) is 3.84. The Labute approximate surface area is 108 Å². The lowest BCUT2D eigenvalue weighted by atomic mass is 10.1. The molecule has 0 bridgehead atoms. The predicted molar refractivity (Wildman–Crippen MR) is 71.2 cm³/mol. The Morgan fingerprint density at radius 2 is 2.28 bits per heavy atom. The van der Waals surface area contributed by atoms with Crippen LogP contribution in [-0.2, 0) is 9.53 Å². The number of nitrogens with zero attached hydrogens (tertiary/aromatic N) is 1. The summed E-state index contributed by atoms with van der Waals surface area (Å²) in [7, 11) is 0. The lowest BCUT2D eigenvalue weighted by Gasteiger charge is -2.15. The third-order valence-corrected chi connectivity index (χ3v) is 2.30. The van der Waals surface area contributed by atoms with Crippen molar-refractivity contribution >= 4 is 5.91 Å². The molecule has 98 valence electrons. The van der Waals surface area contributed by atoms with Crippen molar-refractivity contribution in [2.24, 2.45) is 5.73 Å². The van der Waals surface area contributed by atoms with Crippen molar-refractivity contribution in [3.63, 3.8) is 0 Å². The Morgan fingerprint density at radius 3 is 2.72 bits per heavy atom. The largest absolute Gasteiger partial charge is 0.489 e. The molecule has 0 aliphatic rings. The van der Waals surface area contributed by atoms with Crippen LogP contribution in [0.25, 0.3) is 0 Å². The van der Waals surface area contributed by atoms with E-state index in [-0.39, 0.29) is 18.4 Å². The number of hydrogen-bond acceptors (Lipinski definition) is 3. The minimum atomic E-state index is -0.388. The molecule has 0 fully saturated rings. The summed E-state index contributed by atoms with van der Waals surface area (Å²) < 4.78 is 5.63. The van der Waals surface area contributed by atoms with E-state index in [1.807, 2.05) is 13.8 Å². The summed E-state index contributed by atoms with van der Waals surface area (Å²) in [5.41, 5.74) is 5.44. The molecule has 1 atom stereocenters. The van der Waals surface area contributed by atoms with Crippen molar-refractivity contribution in [1.82, 2.24) is 0 Å². The van der Waals surface area contributed by atoms with Crippen LogP contribution in [-0.4, -0.2) is 12.0 Å². The normalized spacial score (nSPS) is 13.6. The smallest absolute Gasteiger partial charge is 0.217 e. The topological polar surface area (TPSA) is 76.1 Å². The van der Waals surface area contributed by atoms with Gasteiger partial charge in [-0.25, -0.2) is 0 Å². The number of carbonyl (C=O) groups excluding carboxylic acids is 1. The Bertz CT molecular complexity index is 389. The van der Waals surface area contributed by atoms with Crippen LogP contribution in [0.5, 0.6) is 0 Å². The van der Waals surface area contributed by atoms with Gasteiger partial charge in [0.15, 0.2) is 0 Å². The molecule has 4 nitrogen and oxygen atoms in total. The van der Waals surface area contributed by atoms with Crippen LogP contribution in [0.1, 0.15) is 33.1 Å². The average molecular weight is 248 g/mol. The van der Waals surface area contributed by atoms with Crippen LogP contribution in [0, 0.1) is 11.3 Å². The highest BCUT2D eigenvalue weighted by Gasteiger charge is 2.09. The second-order valence-electron chi connectivity index (χ2n) is 3.84. The summed E-state index contributed by atoms with van der Waals surface area (Å²) in [4.78, 5) is 10.6. The molecule has 18 heavy (non-hydrogen) atoms. The molecule has 0 spiro atoms. The van der Waals surface area contributed by atoms with Gasteiger partial charge in [0, 0.05) is 6.42 Å². The number of nitriles is 1. The molecule has 0 heterocycles. The van der Waals surface area contributed by atoms with Gasteiger partial charge >= 0.3 is 0 Å². The number of allylic oxidation sites excluding steroid dienone is 4. The zero-order chi connectivity index (χ0) is 14.0. The van der Waals surface area contributed by atoms with Crippen molar-refractivity contribution in [2.75, 3.05) is 0 Å². The fourth-order valence-electron chi connectivity index (χ4n) is 1.16. The Hall–Kier alpha value is -2.02. The fraction of sp³-hybridized carbons (Fsp3) is 0.429. The van der Waals surface area contributed by atoms with Crippen molar-refractivity contribution in [3.8, 4) is 6.07 Å². The van der Waals surface area contributed by atoms with E-state index in [1.54, 1.807) is 18.2 Å². The van der Waals surface area contributed by atoms with E-state index in [9.17, 15) is 4.79 Å². The zero-order valence-corrected chi connectivity index (χ0v) is 11.0. The third-order valence-electron chi connectivity index (χ3n) is 2.30. The van der Waals surface area contributed by atoms with Gasteiger partial charge in [0.2, 0.25) is 5.91 Å². The third kappa shape index (κ3) is 6.54. The highest BCUT2D eigenvalue weighted by atomic mass is 16.5. The van der Waals surface area contributed by atoms with E-state index in [0.29, 0.717) is 17.8 Å². The lowest BCUT2D eigenvalue weighted by molar-refractivity contribution is -0.117. The van der Waals surface area contributed by atoms with Crippen LogP contribution < -0.4 is 5.73 Å². The molecule has 0 radical (unpaired) electrons. The monoisotopic (exact) mass is 248 g/mol. The molecule has 0 rings (SSSR count). The summed E-state index contributed by atoms with van der Waals surface area (Å²) in [5, 5.41) is 9.08. The summed E-state index contributed by atoms with van der Waals surface area (Å²) >= 11 is 0. The predicted octanol–water partition coefficient (Wildman–Crippen LogP) is 2.59. The second kappa shape index (κ2) is 9.06. The maximum atomic E-state index is 10.6. The van der Waals surface area contributed by atoms with Crippen LogP contribution in [0.3, 0.4) is 0 Å². The highest BCUT2D eigenvalue weighted by molar-refractivity contribution is 5.73. The molecular formula is C14H20N2O2. The first-order chi connectivity index (χ1) is 8.54. The molecule has 0 aromatic carbocycles. The fourth-order valence-corrected chi connectivity index (χ4v) is 1.16. The minimum absolute atomic E-state index is 0.0177. The van der Waals surface area contributed by atoms with E-state index in [1.165, 1.54) is 0 Å². The van der Waals surface area contributed by atoms with Gasteiger partial charge in [0.25, 0.3) is 0 Å². The molecule has 1 unspecified atom stereocenters. The molecule has 0 aromatic rings. The van der Waals surface area contributed by atoms with Crippen molar-refractivity contribution in [2.45, 2.75) is 39.2 Å². The minimum Gasteiger partial charge on any atom is -0.489 e. The van der Waals surface area contributed by atoms with Gasteiger partial charge in [0.1, 0.15) is 11.8 Å². The Morgan fingerprint density at radius 1 is 1.61 bits per heavy atom. The highest BCUT2D eigenvalue weighted by Crippen LogP contribution is 2.16. The molecule has 0 aliphatic carbocycles. The molecule has 0 aromatic heterocycles. The number of rotatable bonds is 8. The molecule has 0 aliphatic heterocycles. The first-order valence-corrected chi connectivity index (χ1v) is 5.93. The summed E-state index contributed by atoms with van der Waals surface area (Å²) in [5.74, 6) is 0.0898. The van der Waals surface area contributed by atoms with Crippen LogP contribution in [0.15, 0.2) is 36.1 Å². The first-order valence-electron chi connectivity index (χ1n) is 5.93. The van der Waals surface area contributed by atoms with Gasteiger partial charge in [0.05, 0.1) is 11.7 Å². The number of amides is 1. The van der Waals surface area contributed by atoms with E-state index in [4.69, 9.17) is 15.7 Å². The van der Waals surface area contributed by atoms with Crippen molar-refractivity contribution < 1.29 is 9.53 Å². The molecular weight excluding hydrogens is 228 g/mol. The molecule has 0 saturated carbocycles. The summed E-state index contributed by atoms with van der Waals surface area (Å²) in [6.45, 7) is 7.52. The Balaban J connectivity index is 4.84. The van der Waals surface area contributed by atoms with E-state index in [0.717, 1.165) is 6.42 Å². The number of ether oxygens (including phenoxy) is 1. The molecule has 4 heteroatoms. The van der Waals surface area contributed by atoms with Crippen LogP contribution in [0.4, 0.5) is 0 Å². The average Bonchev–Trinajstić information content (AvgIpc) is 2.33. The van der Waals surface area contributed by atoms with Crippen molar-refractivity contribution in [1.29, 1.82) is 5.26 Å². The zero-order valence-electron chi connectivity index (χ0n) is 11.0. The van der Waals surface area contributed by atoms with Gasteiger partial charge in [-0.2, -0.15) is 5.26 Å². The first kappa shape index (κ1) is 16.0.